The molecule has 1 heterocycles. The van der Waals surface area contributed by atoms with Crippen molar-refractivity contribution < 1.29 is 0 Å². The number of piperidine rings is 1. The Kier molecular flexibility index (Phi) is 0.974. The van der Waals surface area contributed by atoms with Crippen molar-refractivity contribution >= 4 is 0 Å². The lowest BCUT2D eigenvalue weighted by molar-refractivity contribution is 0.419. The van der Waals surface area contributed by atoms with Crippen LogP contribution in [0.2, 0.25) is 0 Å². The molecule has 0 unspecified atom stereocenters. The summed E-state index contributed by atoms with van der Waals surface area (Å²) in [5.41, 5.74) is 2.09. The molecule has 0 aromatic heterocycles. The van der Waals surface area contributed by atoms with E-state index >= 15 is 0 Å². The van der Waals surface area contributed by atoms with E-state index in [1.807, 2.05) is 0 Å². The van der Waals surface area contributed by atoms with Gasteiger partial charge < -0.3 is 5.32 Å². The first-order chi connectivity index (χ1) is 4.31. The fourth-order valence-electron chi connectivity index (χ4n) is 1.69. The van der Waals surface area contributed by atoms with Gasteiger partial charge in [-0.05, 0) is 24.7 Å². The normalized spacial score (nSPS) is 30.9. The predicted octanol–water partition coefficient (Wildman–Crippen LogP) is 1.32. The fourth-order valence-corrected chi connectivity index (χ4v) is 1.69. The Morgan fingerprint density at radius 2 is 2.22 bits per heavy atom. The molecule has 1 saturated heterocycles. The van der Waals surface area contributed by atoms with E-state index in [9.17, 15) is 0 Å². The van der Waals surface area contributed by atoms with Crippen molar-refractivity contribution in [2.45, 2.75) is 19.3 Å². The molecule has 0 aromatic carbocycles. The van der Waals surface area contributed by atoms with Gasteiger partial charge in [-0.2, -0.15) is 0 Å². The summed E-state index contributed by atoms with van der Waals surface area (Å²) < 4.78 is 0. The lowest BCUT2D eigenvalue weighted by Crippen LogP contribution is -2.32. The summed E-state index contributed by atoms with van der Waals surface area (Å²) >= 11 is 0. The smallest absolute Gasteiger partial charge is 0.0162 e. The molecule has 1 aliphatic carbocycles. The molecule has 0 amide bonds. The van der Waals surface area contributed by atoms with E-state index in [4.69, 9.17) is 0 Å². The van der Waals surface area contributed by atoms with Gasteiger partial charge in [-0.15, -0.1) is 0 Å². The highest BCUT2D eigenvalue weighted by Crippen LogP contribution is 2.50. The summed E-state index contributed by atoms with van der Waals surface area (Å²) in [5, 5.41) is 3.39. The SMILES string of the molecule is C=C1CNCC2(CC2)C1. The van der Waals surface area contributed by atoms with Crippen LogP contribution in [0.25, 0.3) is 0 Å². The summed E-state index contributed by atoms with van der Waals surface area (Å²) in [7, 11) is 0. The van der Waals surface area contributed by atoms with Crippen molar-refractivity contribution in [1.82, 2.24) is 5.32 Å². The van der Waals surface area contributed by atoms with Crippen molar-refractivity contribution in [3.05, 3.63) is 12.2 Å². The molecule has 1 heteroatoms. The summed E-state index contributed by atoms with van der Waals surface area (Å²) in [6, 6.07) is 0. The molecule has 1 N–H and O–H groups in total. The van der Waals surface area contributed by atoms with Crippen molar-refractivity contribution in [2.24, 2.45) is 5.41 Å². The number of rotatable bonds is 0. The van der Waals surface area contributed by atoms with E-state index in [0.29, 0.717) is 5.41 Å². The second-order valence-corrected chi connectivity index (χ2v) is 3.53. The Labute approximate surface area is 56.1 Å². The molecule has 1 aliphatic heterocycles. The van der Waals surface area contributed by atoms with Gasteiger partial charge in [-0.1, -0.05) is 12.2 Å². The van der Waals surface area contributed by atoms with Crippen LogP contribution in [0.3, 0.4) is 0 Å². The molecule has 2 fully saturated rings. The standard InChI is InChI=1S/C8H13N/c1-7-4-8(2-3-8)6-9-5-7/h9H,1-6H2. The molecule has 0 aromatic rings. The maximum absolute atomic E-state index is 3.99. The van der Waals surface area contributed by atoms with Crippen LogP contribution in [0.1, 0.15) is 19.3 Å². The highest BCUT2D eigenvalue weighted by molar-refractivity contribution is 5.12. The average molecular weight is 123 g/mol. The third-order valence-corrected chi connectivity index (χ3v) is 2.46. The van der Waals surface area contributed by atoms with Crippen LogP contribution in [0.5, 0.6) is 0 Å². The molecule has 0 atom stereocenters. The zero-order chi connectivity index (χ0) is 6.32. The third-order valence-electron chi connectivity index (χ3n) is 2.46. The van der Waals surface area contributed by atoms with Crippen molar-refractivity contribution in [2.75, 3.05) is 13.1 Å². The number of hydrogen-bond donors (Lipinski definition) is 1. The third kappa shape index (κ3) is 0.897. The lowest BCUT2D eigenvalue weighted by Gasteiger charge is -2.23. The number of nitrogens with one attached hydrogen (secondary N) is 1. The minimum atomic E-state index is 0.690. The number of hydrogen-bond acceptors (Lipinski definition) is 1. The zero-order valence-corrected chi connectivity index (χ0v) is 5.74. The van der Waals surface area contributed by atoms with E-state index in [1.165, 1.54) is 31.4 Å². The molecule has 0 bridgehead atoms. The largest absolute Gasteiger partial charge is 0.312 e. The Balaban J connectivity index is 2.04. The first-order valence-corrected chi connectivity index (χ1v) is 3.68. The van der Waals surface area contributed by atoms with E-state index in [2.05, 4.69) is 11.9 Å². The minimum absolute atomic E-state index is 0.690. The highest BCUT2D eigenvalue weighted by atomic mass is 14.9. The van der Waals surface area contributed by atoms with Crippen LogP contribution in [-0.2, 0) is 0 Å². The van der Waals surface area contributed by atoms with E-state index in [-0.39, 0.29) is 0 Å². The topological polar surface area (TPSA) is 12.0 Å². The summed E-state index contributed by atoms with van der Waals surface area (Å²) in [6.07, 6.45) is 4.15. The van der Waals surface area contributed by atoms with Gasteiger partial charge in [0.2, 0.25) is 0 Å². The second-order valence-electron chi connectivity index (χ2n) is 3.53. The quantitative estimate of drug-likeness (QED) is 0.479. The molecule has 1 saturated carbocycles. The summed E-state index contributed by atoms with van der Waals surface area (Å²) in [4.78, 5) is 0. The lowest BCUT2D eigenvalue weighted by atomic mass is 9.94. The van der Waals surface area contributed by atoms with Gasteiger partial charge in [-0.25, -0.2) is 0 Å². The Morgan fingerprint density at radius 3 is 2.67 bits per heavy atom. The van der Waals surface area contributed by atoms with Gasteiger partial charge in [0.1, 0.15) is 0 Å². The Morgan fingerprint density at radius 1 is 1.44 bits per heavy atom. The van der Waals surface area contributed by atoms with Crippen molar-refractivity contribution in [3.63, 3.8) is 0 Å². The molecular weight excluding hydrogens is 110 g/mol. The molecule has 1 nitrogen and oxygen atoms in total. The molecule has 9 heavy (non-hydrogen) atoms. The highest BCUT2D eigenvalue weighted by Gasteiger charge is 2.43. The first kappa shape index (κ1) is 5.48. The van der Waals surface area contributed by atoms with E-state index in [0.717, 1.165) is 6.54 Å². The van der Waals surface area contributed by atoms with Gasteiger partial charge in [-0.3, -0.25) is 0 Å². The van der Waals surface area contributed by atoms with Gasteiger partial charge in [0, 0.05) is 13.1 Å². The summed E-state index contributed by atoms with van der Waals surface area (Å²) in [6.45, 7) is 6.29. The van der Waals surface area contributed by atoms with Crippen molar-refractivity contribution in [3.8, 4) is 0 Å². The van der Waals surface area contributed by atoms with Gasteiger partial charge in [0.15, 0.2) is 0 Å². The average Bonchev–Trinajstić information content (AvgIpc) is 2.49. The fraction of sp³-hybridized carbons (Fsp3) is 0.750. The monoisotopic (exact) mass is 123 g/mol. The molecule has 0 radical (unpaired) electrons. The van der Waals surface area contributed by atoms with Crippen molar-refractivity contribution in [1.29, 1.82) is 0 Å². The molecule has 1 spiro atoms. The molecule has 50 valence electrons. The predicted molar refractivity (Wildman–Crippen MR) is 38.3 cm³/mol. The Hall–Kier alpha value is -0.300. The van der Waals surface area contributed by atoms with E-state index in [1.54, 1.807) is 0 Å². The van der Waals surface area contributed by atoms with Crippen LogP contribution >= 0.6 is 0 Å². The minimum Gasteiger partial charge on any atom is -0.312 e. The van der Waals surface area contributed by atoms with Gasteiger partial charge in [0.05, 0.1) is 0 Å². The van der Waals surface area contributed by atoms with Crippen LogP contribution in [-0.4, -0.2) is 13.1 Å². The van der Waals surface area contributed by atoms with Gasteiger partial charge in [0.25, 0.3) is 0 Å². The van der Waals surface area contributed by atoms with Crippen LogP contribution in [0.4, 0.5) is 0 Å². The summed E-state index contributed by atoms with van der Waals surface area (Å²) in [5.74, 6) is 0. The van der Waals surface area contributed by atoms with E-state index < -0.39 is 0 Å². The second kappa shape index (κ2) is 1.60. The Bertz CT molecular complexity index is 145. The zero-order valence-electron chi connectivity index (χ0n) is 5.74. The maximum Gasteiger partial charge on any atom is 0.0162 e. The van der Waals surface area contributed by atoms with Crippen LogP contribution in [0, 0.1) is 5.41 Å². The molecule has 2 rings (SSSR count). The molecular formula is C8H13N. The maximum atomic E-state index is 3.99. The van der Waals surface area contributed by atoms with Gasteiger partial charge >= 0.3 is 0 Å². The van der Waals surface area contributed by atoms with Crippen LogP contribution in [0.15, 0.2) is 12.2 Å². The van der Waals surface area contributed by atoms with Crippen LogP contribution < -0.4 is 5.32 Å². The first-order valence-electron chi connectivity index (χ1n) is 3.68. The molecule has 2 aliphatic rings.